The number of hydrogen-bond donors (Lipinski definition) is 2. The molecule has 1 aliphatic heterocycles. The first-order valence-electron chi connectivity index (χ1n) is 18.2. The minimum atomic E-state index is -1.06. The summed E-state index contributed by atoms with van der Waals surface area (Å²) in [6.07, 6.45) is 1.65. The SMILES string of the molecule is COc1c(OCCCNCCCc2ccccc2)cccc1[C@@H]1O[C@@H](CC(=O)NCCc2ccccc2)C(=O)N(CC(C)(C)C)c2ccc(Cl)cc21.Cl. The third-order valence-electron chi connectivity index (χ3n) is 8.90. The van der Waals surface area contributed by atoms with Gasteiger partial charge in [-0.15, -0.1) is 12.4 Å². The zero-order valence-electron chi connectivity index (χ0n) is 31.2. The molecular formula is C43H53Cl2N3O5. The van der Waals surface area contributed by atoms with Crippen LogP contribution in [-0.4, -0.2) is 57.8 Å². The second-order valence-electron chi connectivity index (χ2n) is 14.4. The molecule has 284 valence electrons. The van der Waals surface area contributed by atoms with E-state index in [-0.39, 0.29) is 36.1 Å². The van der Waals surface area contributed by atoms with Crippen molar-refractivity contribution in [1.29, 1.82) is 0 Å². The Morgan fingerprint density at radius 2 is 1.53 bits per heavy atom. The highest BCUT2D eigenvalue weighted by Crippen LogP contribution is 2.45. The number of amides is 2. The molecule has 0 aliphatic carbocycles. The smallest absolute Gasteiger partial charge is 0.256 e. The number of para-hydroxylation sites is 1. The summed E-state index contributed by atoms with van der Waals surface area (Å²) in [5.41, 5.74) is 4.32. The van der Waals surface area contributed by atoms with Gasteiger partial charge in [-0.25, -0.2) is 0 Å². The molecule has 0 saturated carbocycles. The van der Waals surface area contributed by atoms with Crippen LogP contribution < -0.4 is 25.0 Å². The predicted octanol–water partition coefficient (Wildman–Crippen LogP) is 8.38. The second kappa shape index (κ2) is 20.4. The molecule has 4 aromatic carbocycles. The van der Waals surface area contributed by atoms with Crippen LogP contribution in [0.15, 0.2) is 97.1 Å². The molecule has 53 heavy (non-hydrogen) atoms. The van der Waals surface area contributed by atoms with Crippen LogP contribution in [0, 0.1) is 5.41 Å². The first-order valence-corrected chi connectivity index (χ1v) is 18.6. The van der Waals surface area contributed by atoms with Crippen LogP contribution in [0.2, 0.25) is 5.02 Å². The molecule has 0 bridgehead atoms. The number of methoxy groups -OCH3 is 1. The van der Waals surface area contributed by atoms with E-state index in [1.165, 1.54) is 5.56 Å². The van der Waals surface area contributed by atoms with Crippen LogP contribution in [0.5, 0.6) is 11.5 Å². The van der Waals surface area contributed by atoms with E-state index in [0.29, 0.717) is 59.5 Å². The van der Waals surface area contributed by atoms with E-state index in [9.17, 15) is 9.59 Å². The molecule has 5 rings (SSSR count). The van der Waals surface area contributed by atoms with Gasteiger partial charge in [0, 0.05) is 34.9 Å². The molecule has 2 atom stereocenters. The van der Waals surface area contributed by atoms with Crippen molar-refractivity contribution in [2.24, 2.45) is 5.41 Å². The third-order valence-corrected chi connectivity index (χ3v) is 9.13. The summed E-state index contributed by atoms with van der Waals surface area (Å²) in [7, 11) is 1.60. The lowest BCUT2D eigenvalue weighted by molar-refractivity contribution is -0.138. The van der Waals surface area contributed by atoms with Crippen molar-refractivity contribution in [3.63, 3.8) is 0 Å². The summed E-state index contributed by atoms with van der Waals surface area (Å²) >= 11 is 6.61. The van der Waals surface area contributed by atoms with Gasteiger partial charge in [0.15, 0.2) is 11.5 Å². The number of anilines is 1. The van der Waals surface area contributed by atoms with E-state index >= 15 is 0 Å². The van der Waals surface area contributed by atoms with Gasteiger partial charge in [0.05, 0.1) is 20.1 Å². The number of ether oxygens (including phenoxy) is 3. The lowest BCUT2D eigenvalue weighted by Gasteiger charge is -2.31. The summed E-state index contributed by atoms with van der Waals surface area (Å²) in [5.74, 6) is 0.554. The molecule has 8 nitrogen and oxygen atoms in total. The van der Waals surface area contributed by atoms with Gasteiger partial charge >= 0.3 is 0 Å². The molecule has 0 fully saturated rings. The van der Waals surface area contributed by atoms with E-state index in [0.717, 1.165) is 37.9 Å². The predicted molar refractivity (Wildman–Crippen MR) is 216 cm³/mol. The van der Waals surface area contributed by atoms with Gasteiger partial charge in [0.2, 0.25) is 5.91 Å². The highest BCUT2D eigenvalue weighted by molar-refractivity contribution is 6.30. The van der Waals surface area contributed by atoms with Crippen LogP contribution in [0.3, 0.4) is 0 Å². The first-order chi connectivity index (χ1) is 25.1. The molecule has 1 heterocycles. The molecule has 4 aromatic rings. The summed E-state index contributed by atoms with van der Waals surface area (Å²) in [4.78, 5) is 29.5. The molecule has 0 aromatic heterocycles. The van der Waals surface area contributed by atoms with E-state index in [2.05, 4.69) is 55.7 Å². The molecule has 0 unspecified atom stereocenters. The van der Waals surface area contributed by atoms with Gasteiger partial charge in [-0.3, -0.25) is 9.59 Å². The lowest BCUT2D eigenvalue weighted by atomic mass is 9.94. The van der Waals surface area contributed by atoms with E-state index in [1.54, 1.807) is 18.1 Å². The number of benzene rings is 4. The van der Waals surface area contributed by atoms with Gasteiger partial charge in [-0.1, -0.05) is 105 Å². The fourth-order valence-corrected chi connectivity index (χ4v) is 6.63. The molecule has 0 spiro atoms. The van der Waals surface area contributed by atoms with Crippen molar-refractivity contribution < 1.29 is 23.8 Å². The Kier molecular flexibility index (Phi) is 16.0. The zero-order valence-corrected chi connectivity index (χ0v) is 32.8. The number of carbonyl (C=O) groups excluding carboxylic acids is 2. The molecule has 2 N–H and O–H groups in total. The fraction of sp³-hybridized carbons (Fsp3) is 0.395. The molecule has 0 saturated heterocycles. The molecule has 2 amide bonds. The van der Waals surface area contributed by atoms with Crippen molar-refractivity contribution in [1.82, 2.24) is 10.6 Å². The van der Waals surface area contributed by atoms with Gasteiger partial charge in [-0.2, -0.15) is 0 Å². The molecule has 1 aliphatic rings. The Morgan fingerprint density at radius 3 is 2.21 bits per heavy atom. The topological polar surface area (TPSA) is 89.1 Å². The van der Waals surface area contributed by atoms with Gasteiger partial charge in [0.25, 0.3) is 5.91 Å². The Morgan fingerprint density at radius 1 is 0.849 bits per heavy atom. The van der Waals surface area contributed by atoms with Crippen molar-refractivity contribution in [3.8, 4) is 11.5 Å². The Labute approximate surface area is 326 Å². The molecular weight excluding hydrogens is 709 g/mol. The highest BCUT2D eigenvalue weighted by Gasteiger charge is 2.40. The number of halogens is 2. The van der Waals surface area contributed by atoms with Crippen molar-refractivity contribution in [2.75, 3.05) is 44.8 Å². The Balaban J connectivity index is 0.00000627. The lowest BCUT2D eigenvalue weighted by Crippen LogP contribution is -2.45. The largest absolute Gasteiger partial charge is 0.492 e. The number of nitrogens with one attached hydrogen (secondary N) is 2. The van der Waals surface area contributed by atoms with Crippen molar-refractivity contribution >= 4 is 41.5 Å². The van der Waals surface area contributed by atoms with E-state index < -0.39 is 12.2 Å². The number of carbonyl (C=O) groups is 2. The number of rotatable bonds is 17. The standard InChI is InChI=1S/C43H52ClN3O5.ClH/c1-43(2,3)30-47-36-22-21-33(44)28-35(36)40(52-38(42(47)49)29-39(48)46-26-23-32-16-9-6-10-17-32)34-19-11-20-37(41(34)50-4)51-27-13-25-45-24-12-18-31-14-7-5-8-15-31;/h5-11,14-17,19-22,28,38,40,45H,12-13,18,23-27,29-30H2,1-4H3,(H,46,48);1H/t38-,40-;/m0./s1. The normalized spacial score (nSPS) is 15.6. The number of nitrogens with zero attached hydrogens (tertiary/aromatic N) is 1. The van der Waals surface area contributed by atoms with Crippen LogP contribution in [0.25, 0.3) is 0 Å². The van der Waals surface area contributed by atoms with Crippen LogP contribution in [0.1, 0.15) is 68.4 Å². The zero-order chi connectivity index (χ0) is 36.9. The average molecular weight is 763 g/mol. The minimum absolute atomic E-state index is 0. The van der Waals surface area contributed by atoms with Crippen molar-refractivity contribution in [3.05, 3.63) is 124 Å². The van der Waals surface area contributed by atoms with Gasteiger partial charge in [0.1, 0.15) is 12.2 Å². The minimum Gasteiger partial charge on any atom is -0.492 e. The monoisotopic (exact) mass is 761 g/mol. The van der Waals surface area contributed by atoms with Crippen molar-refractivity contribution in [2.45, 2.75) is 65.1 Å². The first kappa shape index (κ1) is 41.7. The summed E-state index contributed by atoms with van der Waals surface area (Å²) in [5, 5.41) is 7.01. The van der Waals surface area contributed by atoms with Crippen LogP contribution >= 0.6 is 24.0 Å². The average Bonchev–Trinajstić information content (AvgIpc) is 3.23. The summed E-state index contributed by atoms with van der Waals surface area (Å²) in [6, 6.07) is 31.6. The maximum Gasteiger partial charge on any atom is 0.256 e. The number of hydrogen-bond acceptors (Lipinski definition) is 6. The van der Waals surface area contributed by atoms with Crippen LogP contribution in [0.4, 0.5) is 5.69 Å². The Hall–Kier alpha value is -4.08. The molecule has 10 heteroatoms. The van der Waals surface area contributed by atoms with Gasteiger partial charge < -0.3 is 29.7 Å². The third kappa shape index (κ3) is 12.2. The highest BCUT2D eigenvalue weighted by atomic mass is 35.5. The fourth-order valence-electron chi connectivity index (χ4n) is 6.45. The summed E-state index contributed by atoms with van der Waals surface area (Å²) < 4.78 is 19.0. The van der Waals surface area contributed by atoms with Gasteiger partial charge in [-0.05, 0) is 79.6 Å². The van der Waals surface area contributed by atoms with E-state index in [4.69, 9.17) is 25.8 Å². The maximum absolute atomic E-state index is 14.4. The quantitative estimate of drug-likeness (QED) is 0.105. The number of aryl methyl sites for hydroxylation is 1. The van der Waals surface area contributed by atoms with Crippen LogP contribution in [-0.2, 0) is 27.2 Å². The Bertz CT molecular complexity index is 1750. The molecule has 0 radical (unpaired) electrons. The van der Waals surface area contributed by atoms with E-state index in [1.807, 2.05) is 66.7 Å². The number of fused-ring (bicyclic) bond motifs is 1. The second-order valence-corrected chi connectivity index (χ2v) is 14.8. The maximum atomic E-state index is 14.4. The summed E-state index contributed by atoms with van der Waals surface area (Å²) in [6.45, 7) is 9.36.